The van der Waals surface area contributed by atoms with E-state index in [1.54, 1.807) is 0 Å². The van der Waals surface area contributed by atoms with E-state index in [1.165, 1.54) is 12.1 Å². The second kappa shape index (κ2) is 3.28. The van der Waals surface area contributed by atoms with Crippen molar-refractivity contribution in [3.05, 3.63) is 35.4 Å². The zero-order chi connectivity index (χ0) is 13.1. The summed E-state index contributed by atoms with van der Waals surface area (Å²) in [6.07, 6.45) is -3.02. The van der Waals surface area contributed by atoms with E-state index in [4.69, 9.17) is 5.11 Å². The number of alkyl halides is 3. The lowest BCUT2D eigenvalue weighted by Gasteiger charge is -2.65. The standard InChI is InChI=1S/C13H11F3O2/c14-13(15,16)9-3-1-7(2-4-9)10-8-5-12(10,6-8)11(17)18/h1-4,8,10H,5-6H2,(H,17,18). The third-order valence-corrected chi connectivity index (χ3v) is 4.34. The van der Waals surface area contributed by atoms with Crippen molar-refractivity contribution in [2.45, 2.75) is 24.9 Å². The third kappa shape index (κ3) is 1.33. The third-order valence-electron chi connectivity index (χ3n) is 4.34. The predicted octanol–water partition coefficient (Wildman–Crippen LogP) is 3.28. The number of rotatable bonds is 2. The summed E-state index contributed by atoms with van der Waals surface area (Å²) < 4.78 is 37.2. The van der Waals surface area contributed by atoms with Gasteiger partial charge < -0.3 is 5.11 Å². The monoisotopic (exact) mass is 256 g/mol. The number of hydrogen-bond acceptors (Lipinski definition) is 1. The topological polar surface area (TPSA) is 37.3 Å². The minimum atomic E-state index is -4.34. The Morgan fingerprint density at radius 1 is 1.22 bits per heavy atom. The normalized spacial score (nSPS) is 33.5. The fraction of sp³-hybridized carbons (Fsp3) is 0.462. The fourth-order valence-corrected chi connectivity index (χ4v) is 3.27. The first kappa shape index (κ1) is 11.6. The zero-order valence-electron chi connectivity index (χ0n) is 9.37. The maximum Gasteiger partial charge on any atom is 0.416 e. The lowest BCUT2D eigenvalue weighted by Crippen LogP contribution is -2.63. The number of carboxylic acids is 1. The molecule has 0 radical (unpaired) electrons. The maximum atomic E-state index is 12.4. The summed E-state index contributed by atoms with van der Waals surface area (Å²) in [6.45, 7) is 0. The Morgan fingerprint density at radius 3 is 2.11 bits per heavy atom. The Balaban J connectivity index is 1.85. The maximum absolute atomic E-state index is 12.4. The van der Waals surface area contributed by atoms with Gasteiger partial charge in [0.2, 0.25) is 0 Å². The summed E-state index contributed by atoms with van der Waals surface area (Å²) in [5.41, 5.74) is -0.679. The van der Waals surface area contributed by atoms with E-state index in [1.807, 2.05) is 0 Å². The first-order valence-corrected chi connectivity index (χ1v) is 5.75. The van der Waals surface area contributed by atoms with Gasteiger partial charge in [-0.1, -0.05) is 12.1 Å². The van der Waals surface area contributed by atoms with Crippen LogP contribution in [0, 0.1) is 11.3 Å². The molecule has 3 aliphatic rings. The highest BCUT2D eigenvalue weighted by Gasteiger charge is 2.70. The summed E-state index contributed by atoms with van der Waals surface area (Å²) in [5.74, 6) is -0.593. The first-order chi connectivity index (χ1) is 8.34. The minimum Gasteiger partial charge on any atom is -0.481 e. The molecule has 3 saturated carbocycles. The van der Waals surface area contributed by atoms with Crippen molar-refractivity contribution < 1.29 is 23.1 Å². The molecular weight excluding hydrogens is 245 g/mol. The van der Waals surface area contributed by atoms with Crippen molar-refractivity contribution in [3.63, 3.8) is 0 Å². The molecule has 2 nitrogen and oxygen atoms in total. The molecule has 2 bridgehead atoms. The van der Waals surface area contributed by atoms with Gasteiger partial charge in [0.1, 0.15) is 0 Å². The van der Waals surface area contributed by atoms with Gasteiger partial charge in [-0.05, 0) is 36.5 Å². The molecule has 0 saturated heterocycles. The van der Waals surface area contributed by atoms with E-state index in [0.717, 1.165) is 12.1 Å². The van der Waals surface area contributed by atoms with Crippen molar-refractivity contribution in [3.8, 4) is 0 Å². The molecule has 1 atom stereocenters. The van der Waals surface area contributed by atoms with Gasteiger partial charge in [0, 0.05) is 5.92 Å². The summed E-state index contributed by atoms with van der Waals surface area (Å²) >= 11 is 0. The molecule has 18 heavy (non-hydrogen) atoms. The Kier molecular flexibility index (Phi) is 2.10. The van der Waals surface area contributed by atoms with Crippen LogP contribution in [0.1, 0.15) is 29.9 Å². The van der Waals surface area contributed by atoms with E-state index in [9.17, 15) is 18.0 Å². The van der Waals surface area contributed by atoms with Gasteiger partial charge in [0.15, 0.2) is 0 Å². The first-order valence-electron chi connectivity index (χ1n) is 5.75. The Bertz CT molecular complexity index is 498. The molecule has 0 amide bonds. The smallest absolute Gasteiger partial charge is 0.416 e. The number of carbonyl (C=O) groups is 1. The second-order valence-corrected chi connectivity index (χ2v) is 5.23. The average Bonchev–Trinajstić information content (AvgIpc) is 2.12. The van der Waals surface area contributed by atoms with E-state index < -0.39 is 23.1 Å². The van der Waals surface area contributed by atoms with Crippen LogP contribution in [0.5, 0.6) is 0 Å². The predicted molar refractivity (Wildman–Crippen MR) is 57.0 cm³/mol. The highest BCUT2D eigenvalue weighted by atomic mass is 19.4. The van der Waals surface area contributed by atoms with Crippen LogP contribution >= 0.6 is 0 Å². The molecule has 1 aromatic rings. The van der Waals surface area contributed by atoms with Crippen LogP contribution in [-0.4, -0.2) is 11.1 Å². The second-order valence-electron chi connectivity index (χ2n) is 5.23. The van der Waals surface area contributed by atoms with Gasteiger partial charge in [-0.3, -0.25) is 4.79 Å². The highest BCUT2D eigenvalue weighted by Crippen LogP contribution is 2.73. The molecule has 4 rings (SSSR count). The Labute approximate surface area is 101 Å². The summed E-state index contributed by atoms with van der Waals surface area (Å²) in [6, 6.07) is 4.89. The lowest BCUT2D eigenvalue weighted by molar-refractivity contribution is -0.195. The van der Waals surface area contributed by atoms with E-state index >= 15 is 0 Å². The van der Waals surface area contributed by atoms with E-state index in [-0.39, 0.29) is 5.92 Å². The Hall–Kier alpha value is -1.52. The molecule has 0 spiro atoms. The molecule has 0 aromatic heterocycles. The van der Waals surface area contributed by atoms with Gasteiger partial charge in [-0.15, -0.1) is 0 Å². The number of benzene rings is 1. The van der Waals surface area contributed by atoms with Crippen molar-refractivity contribution in [1.29, 1.82) is 0 Å². The Morgan fingerprint density at radius 2 is 1.78 bits per heavy atom. The van der Waals surface area contributed by atoms with Crippen molar-refractivity contribution in [2.75, 3.05) is 0 Å². The number of carboxylic acid groups (broad SMARTS) is 1. The molecular formula is C13H11F3O2. The molecule has 1 aromatic carbocycles. The molecule has 3 aliphatic carbocycles. The SMILES string of the molecule is O=C(O)C12CC(C1)C2c1ccc(C(F)(F)F)cc1. The van der Waals surface area contributed by atoms with Crippen molar-refractivity contribution in [1.82, 2.24) is 0 Å². The van der Waals surface area contributed by atoms with Crippen LogP contribution in [0.15, 0.2) is 24.3 Å². The van der Waals surface area contributed by atoms with Crippen LogP contribution < -0.4 is 0 Å². The zero-order valence-corrected chi connectivity index (χ0v) is 9.37. The molecule has 0 heterocycles. The molecule has 1 unspecified atom stereocenters. The molecule has 5 heteroatoms. The largest absolute Gasteiger partial charge is 0.481 e. The van der Waals surface area contributed by atoms with Gasteiger partial charge >= 0.3 is 12.1 Å². The van der Waals surface area contributed by atoms with Gasteiger partial charge in [-0.25, -0.2) is 0 Å². The van der Waals surface area contributed by atoms with Crippen LogP contribution in [0.2, 0.25) is 0 Å². The molecule has 3 fully saturated rings. The molecule has 0 aliphatic heterocycles. The number of hydrogen-bond donors (Lipinski definition) is 1. The average molecular weight is 256 g/mol. The van der Waals surface area contributed by atoms with Crippen molar-refractivity contribution in [2.24, 2.45) is 11.3 Å². The van der Waals surface area contributed by atoms with Crippen LogP contribution in [-0.2, 0) is 11.0 Å². The summed E-state index contributed by atoms with van der Waals surface area (Å²) in [5, 5.41) is 9.17. The summed E-state index contributed by atoms with van der Waals surface area (Å²) in [7, 11) is 0. The van der Waals surface area contributed by atoms with Crippen LogP contribution in [0.25, 0.3) is 0 Å². The van der Waals surface area contributed by atoms with E-state index in [2.05, 4.69) is 0 Å². The van der Waals surface area contributed by atoms with Gasteiger partial charge in [0.25, 0.3) is 0 Å². The number of halogens is 3. The van der Waals surface area contributed by atoms with Gasteiger partial charge in [0.05, 0.1) is 11.0 Å². The highest BCUT2D eigenvalue weighted by molar-refractivity contribution is 5.81. The lowest BCUT2D eigenvalue weighted by atomic mass is 9.36. The van der Waals surface area contributed by atoms with Crippen molar-refractivity contribution >= 4 is 5.97 Å². The fourth-order valence-electron chi connectivity index (χ4n) is 3.27. The number of aliphatic carboxylic acids is 1. The van der Waals surface area contributed by atoms with Gasteiger partial charge in [-0.2, -0.15) is 13.2 Å². The van der Waals surface area contributed by atoms with E-state index in [0.29, 0.717) is 24.3 Å². The quantitative estimate of drug-likeness (QED) is 0.881. The molecule has 1 N–H and O–H groups in total. The van der Waals surface area contributed by atoms with Crippen LogP contribution in [0.4, 0.5) is 13.2 Å². The molecule has 96 valence electrons. The minimum absolute atomic E-state index is 0.0997. The van der Waals surface area contributed by atoms with Crippen LogP contribution in [0.3, 0.4) is 0 Å². The summed E-state index contributed by atoms with van der Waals surface area (Å²) in [4.78, 5) is 11.2.